The number of aliphatic hydroxyl groups excluding tert-OH is 1. The maximum atomic E-state index is 9.28. The zero-order chi connectivity index (χ0) is 9.15. The van der Waals surface area contributed by atoms with Gasteiger partial charge in [0.05, 0.1) is 13.2 Å². The molecule has 2 rings (SSSR count). The summed E-state index contributed by atoms with van der Waals surface area (Å²) in [5.74, 6) is 0.824. The lowest BCUT2D eigenvalue weighted by Crippen LogP contribution is -2.33. The molecule has 1 heterocycles. The number of aliphatic hydroxyl groups is 1. The molecule has 1 atom stereocenters. The zero-order valence-electron chi connectivity index (χ0n) is 8.09. The van der Waals surface area contributed by atoms with Crippen LogP contribution in [0, 0.1) is 11.3 Å². The average Bonchev–Trinajstić information content (AvgIpc) is 2.84. The third kappa shape index (κ3) is 2.42. The van der Waals surface area contributed by atoms with Gasteiger partial charge in [-0.05, 0) is 31.7 Å². The lowest BCUT2D eigenvalue weighted by molar-refractivity contribution is 0.0140. The molecule has 0 aromatic carbocycles. The van der Waals surface area contributed by atoms with E-state index in [0.29, 0.717) is 0 Å². The fourth-order valence-electron chi connectivity index (χ4n) is 1.83. The molecule has 1 aliphatic carbocycles. The van der Waals surface area contributed by atoms with Gasteiger partial charge in [0.1, 0.15) is 0 Å². The highest BCUT2D eigenvalue weighted by molar-refractivity contribution is 4.87. The first kappa shape index (κ1) is 9.44. The molecule has 2 N–H and O–H groups in total. The van der Waals surface area contributed by atoms with Gasteiger partial charge in [0.2, 0.25) is 0 Å². The van der Waals surface area contributed by atoms with Gasteiger partial charge in [-0.25, -0.2) is 0 Å². The Morgan fingerprint density at radius 3 is 2.85 bits per heavy atom. The first-order valence-corrected chi connectivity index (χ1v) is 5.24. The van der Waals surface area contributed by atoms with E-state index in [9.17, 15) is 5.11 Å². The van der Waals surface area contributed by atoms with Crippen molar-refractivity contribution in [3.8, 4) is 0 Å². The van der Waals surface area contributed by atoms with Crippen LogP contribution in [0.3, 0.4) is 0 Å². The molecule has 0 amide bonds. The maximum Gasteiger partial charge on any atom is 0.0557 e. The first-order chi connectivity index (χ1) is 6.35. The Morgan fingerprint density at radius 1 is 1.46 bits per heavy atom. The highest BCUT2D eigenvalue weighted by atomic mass is 16.5. The highest BCUT2D eigenvalue weighted by Gasteiger charge is 2.34. The van der Waals surface area contributed by atoms with Crippen LogP contribution in [0.15, 0.2) is 0 Å². The van der Waals surface area contributed by atoms with Crippen molar-refractivity contribution in [2.45, 2.75) is 19.3 Å². The van der Waals surface area contributed by atoms with Crippen molar-refractivity contribution in [3.05, 3.63) is 0 Å². The molecule has 1 aliphatic heterocycles. The predicted octanol–water partition coefficient (Wildman–Crippen LogP) is 0.385. The summed E-state index contributed by atoms with van der Waals surface area (Å²) in [5.41, 5.74) is 0.0227. The Bertz CT molecular complexity index is 162. The smallest absolute Gasteiger partial charge is 0.0557 e. The topological polar surface area (TPSA) is 41.5 Å². The summed E-state index contributed by atoms with van der Waals surface area (Å²) in [5, 5.41) is 12.6. The normalized spacial score (nSPS) is 33.9. The minimum atomic E-state index is 0.0227. The van der Waals surface area contributed by atoms with Gasteiger partial charge in [0.25, 0.3) is 0 Å². The van der Waals surface area contributed by atoms with Crippen LogP contribution in [0.2, 0.25) is 0 Å². The van der Waals surface area contributed by atoms with Crippen molar-refractivity contribution in [3.63, 3.8) is 0 Å². The number of ether oxygens (including phenoxy) is 1. The molecular formula is C10H19NO2. The van der Waals surface area contributed by atoms with Crippen LogP contribution in [0.4, 0.5) is 0 Å². The van der Waals surface area contributed by atoms with Crippen molar-refractivity contribution in [2.24, 2.45) is 11.3 Å². The molecule has 76 valence electrons. The number of rotatable bonds is 5. The van der Waals surface area contributed by atoms with Crippen molar-refractivity contribution in [2.75, 3.05) is 32.9 Å². The van der Waals surface area contributed by atoms with Crippen LogP contribution < -0.4 is 5.32 Å². The van der Waals surface area contributed by atoms with Crippen molar-refractivity contribution >= 4 is 0 Å². The number of hydrogen-bond acceptors (Lipinski definition) is 3. The molecule has 1 saturated carbocycles. The van der Waals surface area contributed by atoms with Crippen molar-refractivity contribution < 1.29 is 9.84 Å². The molecule has 0 radical (unpaired) electrons. The lowest BCUT2D eigenvalue weighted by atomic mass is 9.89. The predicted molar refractivity (Wildman–Crippen MR) is 50.5 cm³/mol. The molecule has 13 heavy (non-hydrogen) atoms. The molecule has 0 aromatic rings. The van der Waals surface area contributed by atoms with Gasteiger partial charge in [-0.1, -0.05) is 0 Å². The zero-order valence-corrected chi connectivity index (χ0v) is 8.09. The summed E-state index contributed by atoms with van der Waals surface area (Å²) >= 11 is 0. The lowest BCUT2D eigenvalue weighted by Gasteiger charge is -2.25. The molecule has 1 unspecified atom stereocenters. The van der Waals surface area contributed by atoms with Gasteiger partial charge >= 0.3 is 0 Å². The number of hydrogen-bond donors (Lipinski definition) is 2. The van der Waals surface area contributed by atoms with Gasteiger partial charge in [0.15, 0.2) is 0 Å². The van der Waals surface area contributed by atoms with E-state index < -0.39 is 0 Å². The third-order valence-electron chi connectivity index (χ3n) is 3.13. The van der Waals surface area contributed by atoms with Crippen molar-refractivity contribution in [1.29, 1.82) is 0 Å². The minimum Gasteiger partial charge on any atom is -0.396 e. The van der Waals surface area contributed by atoms with Crippen LogP contribution in [-0.4, -0.2) is 38.0 Å². The molecular weight excluding hydrogens is 166 g/mol. The summed E-state index contributed by atoms with van der Waals surface area (Å²) in [6.45, 7) is 3.82. The van der Waals surface area contributed by atoms with E-state index in [0.717, 1.165) is 38.6 Å². The second kappa shape index (κ2) is 3.95. The van der Waals surface area contributed by atoms with E-state index in [1.807, 2.05) is 0 Å². The summed E-state index contributed by atoms with van der Waals surface area (Å²) in [7, 11) is 0. The van der Waals surface area contributed by atoms with Crippen molar-refractivity contribution in [1.82, 2.24) is 5.32 Å². The standard InChI is InChI=1S/C10H19NO2/c12-7-10(3-4-11-6-10)8-13-5-9-1-2-9/h9,11-12H,1-8H2. The van der Waals surface area contributed by atoms with Gasteiger partial charge in [-0.15, -0.1) is 0 Å². The Hall–Kier alpha value is -0.120. The Balaban J connectivity index is 1.69. The highest BCUT2D eigenvalue weighted by Crippen LogP contribution is 2.30. The van der Waals surface area contributed by atoms with Crippen LogP contribution in [0.5, 0.6) is 0 Å². The summed E-state index contributed by atoms with van der Waals surface area (Å²) in [4.78, 5) is 0. The molecule has 3 heteroatoms. The molecule has 1 saturated heterocycles. The fourth-order valence-corrected chi connectivity index (χ4v) is 1.83. The van der Waals surface area contributed by atoms with Gasteiger partial charge in [0, 0.05) is 18.6 Å². The van der Waals surface area contributed by atoms with Crippen LogP contribution in [-0.2, 0) is 4.74 Å². The van der Waals surface area contributed by atoms with Crippen LogP contribution >= 0.6 is 0 Å². The van der Waals surface area contributed by atoms with E-state index in [4.69, 9.17) is 4.74 Å². The van der Waals surface area contributed by atoms with E-state index in [1.54, 1.807) is 0 Å². The van der Waals surface area contributed by atoms with Gasteiger partial charge < -0.3 is 15.2 Å². The van der Waals surface area contributed by atoms with Crippen LogP contribution in [0.1, 0.15) is 19.3 Å². The second-order valence-corrected chi connectivity index (χ2v) is 4.54. The Kier molecular flexibility index (Phi) is 2.86. The number of nitrogens with one attached hydrogen (secondary N) is 1. The summed E-state index contributed by atoms with van der Waals surface area (Å²) in [6, 6.07) is 0. The largest absolute Gasteiger partial charge is 0.396 e. The van der Waals surface area contributed by atoms with Gasteiger partial charge in [-0.2, -0.15) is 0 Å². The summed E-state index contributed by atoms with van der Waals surface area (Å²) in [6.07, 6.45) is 3.73. The quantitative estimate of drug-likeness (QED) is 0.651. The second-order valence-electron chi connectivity index (χ2n) is 4.54. The molecule has 0 spiro atoms. The van der Waals surface area contributed by atoms with E-state index in [2.05, 4.69) is 5.32 Å². The SMILES string of the molecule is OCC1(COCC2CC2)CCNC1. The minimum absolute atomic E-state index is 0.0227. The third-order valence-corrected chi connectivity index (χ3v) is 3.13. The summed E-state index contributed by atoms with van der Waals surface area (Å²) < 4.78 is 5.64. The van der Waals surface area contributed by atoms with E-state index >= 15 is 0 Å². The Morgan fingerprint density at radius 2 is 2.31 bits per heavy atom. The Labute approximate surface area is 79.5 Å². The molecule has 2 fully saturated rings. The molecule has 2 aliphatic rings. The first-order valence-electron chi connectivity index (χ1n) is 5.24. The van der Waals surface area contributed by atoms with Crippen LogP contribution in [0.25, 0.3) is 0 Å². The van der Waals surface area contributed by atoms with E-state index in [-0.39, 0.29) is 12.0 Å². The molecule has 3 nitrogen and oxygen atoms in total. The monoisotopic (exact) mass is 185 g/mol. The fraction of sp³-hybridized carbons (Fsp3) is 1.00. The molecule has 0 aromatic heterocycles. The maximum absolute atomic E-state index is 9.28. The van der Waals surface area contributed by atoms with E-state index in [1.165, 1.54) is 12.8 Å². The average molecular weight is 185 g/mol. The van der Waals surface area contributed by atoms with Gasteiger partial charge in [-0.3, -0.25) is 0 Å². The molecule has 0 bridgehead atoms.